The van der Waals surface area contributed by atoms with Crippen LogP contribution in [0.15, 0.2) is 48.6 Å². The molecule has 0 radical (unpaired) electrons. The maximum absolute atomic E-state index is 10.6. The van der Waals surface area contributed by atoms with Gasteiger partial charge >= 0.3 is 5.97 Å². The molecule has 5 heteroatoms. The van der Waals surface area contributed by atoms with E-state index in [0.717, 1.165) is 29.5 Å². The number of aliphatic carboxylic acids is 1. The van der Waals surface area contributed by atoms with Gasteiger partial charge in [0.05, 0.1) is 6.10 Å². The zero-order valence-corrected chi connectivity index (χ0v) is 16.0. The summed E-state index contributed by atoms with van der Waals surface area (Å²) >= 11 is 6.24. The van der Waals surface area contributed by atoms with Crippen molar-refractivity contribution in [3.63, 3.8) is 0 Å². The summed E-state index contributed by atoms with van der Waals surface area (Å²) in [6, 6.07) is 11.6. The fourth-order valence-electron chi connectivity index (χ4n) is 3.43. The van der Waals surface area contributed by atoms with Crippen molar-refractivity contribution in [3.8, 4) is 16.9 Å². The van der Waals surface area contributed by atoms with Crippen LogP contribution in [0.1, 0.15) is 36.8 Å². The lowest BCUT2D eigenvalue weighted by Crippen LogP contribution is -2.31. The fourth-order valence-corrected chi connectivity index (χ4v) is 3.67. The first-order valence-electron chi connectivity index (χ1n) is 8.93. The number of carboxylic acid groups (broad SMARTS) is 1. The minimum atomic E-state index is -0.935. The number of carbonyl (C=O) groups is 1. The van der Waals surface area contributed by atoms with Crippen molar-refractivity contribution in [3.05, 3.63) is 64.7 Å². The molecule has 0 amide bonds. The molecule has 0 bridgehead atoms. The van der Waals surface area contributed by atoms with Gasteiger partial charge in [-0.1, -0.05) is 48.0 Å². The Morgan fingerprint density at radius 3 is 2.52 bits per heavy atom. The standard InChI is InChI=1S/C22H23ClO4/c1-13(2)7-17-8-18(23)11-20(22(17)26)15-5-3-14(4-6-15)16-9-19(10-16)27-12-21(24)25/h3-6,8,11,16,19,26H,1,7,9-10,12H2,2H3,(H,24,25)/t16-,19+. The Labute approximate surface area is 164 Å². The molecule has 2 aromatic rings. The van der Waals surface area contributed by atoms with Gasteiger partial charge in [-0.2, -0.15) is 0 Å². The second-order valence-electron chi connectivity index (χ2n) is 7.21. The number of rotatable bonds is 7. The quantitative estimate of drug-likeness (QED) is 0.643. The van der Waals surface area contributed by atoms with Gasteiger partial charge in [0.2, 0.25) is 0 Å². The molecule has 0 saturated heterocycles. The zero-order chi connectivity index (χ0) is 19.6. The maximum atomic E-state index is 10.6. The van der Waals surface area contributed by atoms with E-state index in [1.165, 1.54) is 5.56 Å². The average Bonchev–Trinajstić information content (AvgIpc) is 2.56. The van der Waals surface area contributed by atoms with Crippen LogP contribution in [0.2, 0.25) is 5.02 Å². The van der Waals surface area contributed by atoms with E-state index < -0.39 is 5.97 Å². The van der Waals surface area contributed by atoms with Gasteiger partial charge in [0.1, 0.15) is 12.4 Å². The summed E-state index contributed by atoms with van der Waals surface area (Å²) in [4.78, 5) is 10.5. The lowest BCUT2D eigenvalue weighted by molar-refractivity contribution is -0.146. The van der Waals surface area contributed by atoms with Crippen molar-refractivity contribution in [2.75, 3.05) is 6.61 Å². The van der Waals surface area contributed by atoms with Crippen LogP contribution < -0.4 is 0 Å². The first-order chi connectivity index (χ1) is 12.8. The molecule has 27 heavy (non-hydrogen) atoms. The Morgan fingerprint density at radius 1 is 1.26 bits per heavy atom. The Hall–Kier alpha value is -2.30. The van der Waals surface area contributed by atoms with Gasteiger partial charge in [-0.25, -0.2) is 4.79 Å². The highest BCUT2D eigenvalue weighted by atomic mass is 35.5. The third-order valence-corrected chi connectivity index (χ3v) is 5.09. The van der Waals surface area contributed by atoms with E-state index in [1.54, 1.807) is 12.1 Å². The monoisotopic (exact) mass is 386 g/mol. The molecular formula is C22H23ClO4. The molecule has 0 heterocycles. The zero-order valence-electron chi connectivity index (χ0n) is 15.2. The number of carboxylic acids is 1. The van der Waals surface area contributed by atoms with E-state index in [4.69, 9.17) is 21.4 Å². The normalized spacial score (nSPS) is 18.7. The number of halogens is 1. The Morgan fingerprint density at radius 2 is 1.93 bits per heavy atom. The number of hydrogen-bond donors (Lipinski definition) is 2. The summed E-state index contributed by atoms with van der Waals surface area (Å²) in [5.41, 5.74) is 4.53. The van der Waals surface area contributed by atoms with Gasteiger partial charge in [0.15, 0.2) is 0 Å². The van der Waals surface area contributed by atoms with Crippen molar-refractivity contribution in [2.45, 2.75) is 38.2 Å². The number of ether oxygens (including phenoxy) is 1. The number of phenols is 1. The van der Waals surface area contributed by atoms with Gasteiger partial charge in [0.25, 0.3) is 0 Å². The van der Waals surface area contributed by atoms with E-state index in [0.29, 0.717) is 22.9 Å². The number of phenolic OH excluding ortho intramolecular Hbond substituents is 1. The van der Waals surface area contributed by atoms with E-state index in [1.807, 2.05) is 31.2 Å². The summed E-state index contributed by atoms with van der Waals surface area (Å²) in [6.45, 7) is 5.58. The number of hydrogen-bond acceptors (Lipinski definition) is 3. The average molecular weight is 387 g/mol. The largest absolute Gasteiger partial charge is 0.507 e. The van der Waals surface area contributed by atoms with Crippen LogP contribution >= 0.6 is 11.6 Å². The molecule has 2 N–H and O–H groups in total. The Balaban J connectivity index is 1.72. The van der Waals surface area contributed by atoms with Gasteiger partial charge in [-0.05, 0) is 60.9 Å². The lowest BCUT2D eigenvalue weighted by atomic mass is 9.77. The molecule has 1 aliphatic carbocycles. The fraction of sp³-hybridized carbons (Fsp3) is 0.318. The van der Waals surface area contributed by atoms with Crippen LogP contribution in [0.3, 0.4) is 0 Å². The molecule has 0 aliphatic heterocycles. The number of aromatic hydroxyl groups is 1. The van der Waals surface area contributed by atoms with E-state index in [9.17, 15) is 9.90 Å². The van der Waals surface area contributed by atoms with Crippen LogP contribution in [-0.2, 0) is 16.0 Å². The molecule has 0 aromatic heterocycles. The van der Waals surface area contributed by atoms with Crippen LogP contribution in [0.25, 0.3) is 11.1 Å². The summed E-state index contributed by atoms with van der Waals surface area (Å²) in [5.74, 6) is -0.319. The molecule has 3 rings (SSSR count). The van der Waals surface area contributed by atoms with Crippen molar-refractivity contribution in [2.24, 2.45) is 0 Å². The molecule has 0 atom stereocenters. The molecule has 2 aromatic carbocycles. The number of allylic oxidation sites excluding steroid dienone is 1. The highest BCUT2D eigenvalue weighted by Crippen LogP contribution is 2.41. The van der Waals surface area contributed by atoms with Crippen molar-refractivity contribution in [1.82, 2.24) is 0 Å². The molecule has 1 saturated carbocycles. The minimum absolute atomic E-state index is 0.0208. The van der Waals surface area contributed by atoms with Crippen molar-refractivity contribution < 1.29 is 19.7 Å². The first kappa shape index (κ1) is 19.5. The molecule has 0 unspecified atom stereocenters. The first-order valence-corrected chi connectivity index (χ1v) is 9.30. The van der Waals surface area contributed by atoms with Crippen molar-refractivity contribution >= 4 is 17.6 Å². The maximum Gasteiger partial charge on any atom is 0.329 e. The Bertz CT molecular complexity index is 851. The van der Waals surface area contributed by atoms with Gasteiger partial charge in [-0.15, -0.1) is 0 Å². The van der Waals surface area contributed by atoms with Crippen LogP contribution in [0, 0.1) is 0 Å². The minimum Gasteiger partial charge on any atom is -0.507 e. The second-order valence-corrected chi connectivity index (χ2v) is 7.65. The smallest absolute Gasteiger partial charge is 0.329 e. The SMILES string of the molecule is C=C(C)Cc1cc(Cl)cc(-c2ccc([C@H]3C[C@@H](OCC(=O)O)C3)cc2)c1O. The summed E-state index contributed by atoms with van der Waals surface area (Å²) in [6.07, 6.45) is 2.26. The second kappa shape index (κ2) is 8.15. The lowest BCUT2D eigenvalue weighted by Gasteiger charge is -2.35. The third-order valence-electron chi connectivity index (χ3n) is 4.88. The molecule has 142 valence electrons. The van der Waals surface area contributed by atoms with Gasteiger partial charge in [-0.3, -0.25) is 0 Å². The van der Waals surface area contributed by atoms with Gasteiger partial charge < -0.3 is 14.9 Å². The molecule has 4 nitrogen and oxygen atoms in total. The third kappa shape index (κ3) is 4.71. The van der Waals surface area contributed by atoms with Crippen LogP contribution in [-0.4, -0.2) is 28.9 Å². The number of benzene rings is 2. The van der Waals surface area contributed by atoms with Crippen LogP contribution in [0.4, 0.5) is 0 Å². The van der Waals surface area contributed by atoms with Gasteiger partial charge in [0, 0.05) is 10.6 Å². The van der Waals surface area contributed by atoms with E-state index in [2.05, 4.69) is 6.58 Å². The van der Waals surface area contributed by atoms with Crippen molar-refractivity contribution in [1.29, 1.82) is 0 Å². The summed E-state index contributed by atoms with van der Waals surface area (Å²) < 4.78 is 5.30. The van der Waals surface area contributed by atoms with E-state index in [-0.39, 0.29) is 18.5 Å². The highest BCUT2D eigenvalue weighted by Gasteiger charge is 2.31. The van der Waals surface area contributed by atoms with E-state index >= 15 is 0 Å². The summed E-state index contributed by atoms with van der Waals surface area (Å²) in [7, 11) is 0. The molecule has 0 spiro atoms. The topological polar surface area (TPSA) is 66.8 Å². The molecule has 1 aliphatic rings. The highest BCUT2D eigenvalue weighted by molar-refractivity contribution is 6.31. The summed E-state index contributed by atoms with van der Waals surface area (Å²) in [5, 5.41) is 19.9. The molecule has 1 fully saturated rings. The Kier molecular flexibility index (Phi) is 5.88. The molecular weight excluding hydrogens is 364 g/mol. The predicted octanol–water partition coefficient (Wildman–Crippen LogP) is 5.18. The predicted molar refractivity (Wildman–Crippen MR) is 106 cm³/mol. The van der Waals surface area contributed by atoms with Crippen LogP contribution in [0.5, 0.6) is 5.75 Å².